The fourth-order valence-corrected chi connectivity index (χ4v) is 4.61. The topological polar surface area (TPSA) is 73.4 Å². The van der Waals surface area contributed by atoms with Gasteiger partial charge in [0.05, 0.1) is 18.3 Å². The molecular weight excluding hydrogens is 450 g/mol. The Bertz CT molecular complexity index is 1190. The molecule has 2 N–H and O–H groups in total. The molecule has 1 amide bonds. The van der Waals surface area contributed by atoms with E-state index in [4.69, 9.17) is 15.5 Å². The third kappa shape index (κ3) is 5.77. The first-order chi connectivity index (χ1) is 16.7. The van der Waals surface area contributed by atoms with E-state index >= 15 is 0 Å². The quantitative estimate of drug-likeness (QED) is 0.565. The molecule has 6 nitrogen and oxygen atoms in total. The maximum atomic E-state index is 14.0. The van der Waals surface area contributed by atoms with Gasteiger partial charge in [0.25, 0.3) is 0 Å². The summed E-state index contributed by atoms with van der Waals surface area (Å²) in [6.07, 6.45) is 1.84. The number of amides is 1. The molecule has 0 radical (unpaired) electrons. The minimum absolute atomic E-state index is 0.000575. The highest BCUT2D eigenvalue weighted by molar-refractivity contribution is 5.78. The molecule has 3 aromatic rings. The van der Waals surface area contributed by atoms with Crippen molar-refractivity contribution in [3.05, 3.63) is 77.8 Å². The highest BCUT2D eigenvalue weighted by atomic mass is 19.1. The number of hydrogen-bond acceptors (Lipinski definition) is 4. The summed E-state index contributed by atoms with van der Waals surface area (Å²) in [5.74, 6) is -0.171. The van der Waals surface area contributed by atoms with Gasteiger partial charge in [0.15, 0.2) is 0 Å². The zero-order valence-corrected chi connectivity index (χ0v) is 20.4. The van der Waals surface area contributed by atoms with Gasteiger partial charge in [-0.05, 0) is 41.8 Å². The third-order valence-corrected chi connectivity index (χ3v) is 6.23. The van der Waals surface area contributed by atoms with Crippen LogP contribution in [0.5, 0.6) is 0 Å². The Balaban J connectivity index is 1.85. The van der Waals surface area contributed by atoms with Crippen molar-refractivity contribution in [3.63, 3.8) is 0 Å². The second kappa shape index (κ2) is 10.3. The van der Waals surface area contributed by atoms with Crippen LogP contribution < -0.4 is 5.73 Å². The van der Waals surface area contributed by atoms with Gasteiger partial charge in [-0.1, -0.05) is 45.0 Å². The van der Waals surface area contributed by atoms with Crippen molar-refractivity contribution < 1.29 is 18.3 Å². The molecule has 1 aromatic heterocycles. The zero-order chi connectivity index (χ0) is 25.2. The van der Waals surface area contributed by atoms with Crippen molar-refractivity contribution in [3.8, 4) is 11.3 Å². The molecule has 35 heavy (non-hydrogen) atoms. The minimum atomic E-state index is -0.415. The number of carbonyl (C=O) groups excluding carboxylic acids is 1. The van der Waals surface area contributed by atoms with Crippen LogP contribution in [0.1, 0.15) is 38.2 Å². The molecule has 1 aliphatic rings. The molecule has 186 valence electrons. The van der Waals surface area contributed by atoms with Crippen molar-refractivity contribution >= 4 is 5.91 Å². The first-order valence-corrected chi connectivity index (χ1v) is 11.8. The molecule has 0 unspecified atom stereocenters. The molecule has 8 heteroatoms. The lowest BCUT2D eigenvalue weighted by molar-refractivity contribution is -0.139. The largest absolute Gasteiger partial charge is 0.371 e. The number of halogens is 2. The lowest BCUT2D eigenvalue weighted by Crippen LogP contribution is -2.45. The van der Waals surface area contributed by atoms with Crippen LogP contribution in [-0.2, 0) is 16.1 Å². The number of aromatic nitrogens is 2. The van der Waals surface area contributed by atoms with Crippen molar-refractivity contribution in [1.82, 2.24) is 14.5 Å². The maximum absolute atomic E-state index is 14.0. The molecule has 0 saturated carbocycles. The van der Waals surface area contributed by atoms with E-state index < -0.39 is 11.5 Å². The summed E-state index contributed by atoms with van der Waals surface area (Å²) < 4.78 is 35.5. The standard InChI is InChI=1S/C27H32F2N4O2/c1-27(2,3)25(33-14-19(12-30)16-35-17-24(33)34)26-31-23(20-7-5-9-22(29)11-20)15-32(26)13-18-6-4-8-21(28)10-18/h4-11,15,19,25H,12-14,16-17,30H2,1-3H3/t19-,25+/m1/s1. The van der Waals surface area contributed by atoms with E-state index in [9.17, 15) is 13.6 Å². The minimum Gasteiger partial charge on any atom is -0.371 e. The highest BCUT2D eigenvalue weighted by Crippen LogP contribution is 2.40. The van der Waals surface area contributed by atoms with E-state index in [-0.39, 0.29) is 30.1 Å². The molecule has 2 aromatic carbocycles. The van der Waals surface area contributed by atoms with Crippen molar-refractivity contribution in [2.75, 3.05) is 26.3 Å². The Hall–Kier alpha value is -3.10. The average molecular weight is 483 g/mol. The van der Waals surface area contributed by atoms with Gasteiger partial charge in [0.2, 0.25) is 5.91 Å². The van der Waals surface area contributed by atoms with Crippen LogP contribution in [0.3, 0.4) is 0 Å². The van der Waals surface area contributed by atoms with Gasteiger partial charge in [0.1, 0.15) is 24.1 Å². The highest BCUT2D eigenvalue weighted by Gasteiger charge is 2.40. The molecule has 1 fully saturated rings. The predicted molar refractivity (Wildman–Crippen MR) is 130 cm³/mol. The number of nitrogens with zero attached hydrogens (tertiary/aromatic N) is 3. The molecular formula is C27H32F2N4O2. The predicted octanol–water partition coefficient (Wildman–Crippen LogP) is 4.40. The second-order valence-corrected chi connectivity index (χ2v) is 10.2. The molecule has 2 atom stereocenters. The maximum Gasteiger partial charge on any atom is 0.249 e. The number of carbonyl (C=O) groups is 1. The monoisotopic (exact) mass is 482 g/mol. The molecule has 0 bridgehead atoms. The summed E-state index contributed by atoms with van der Waals surface area (Å²) in [6, 6.07) is 12.2. The molecule has 2 heterocycles. The van der Waals surface area contributed by atoms with Crippen LogP contribution in [0.4, 0.5) is 8.78 Å². The number of imidazole rings is 1. The zero-order valence-electron chi connectivity index (χ0n) is 20.4. The smallest absolute Gasteiger partial charge is 0.249 e. The summed E-state index contributed by atoms with van der Waals surface area (Å²) in [5, 5.41) is 0. The third-order valence-electron chi connectivity index (χ3n) is 6.23. The fraction of sp³-hybridized carbons (Fsp3) is 0.407. The van der Waals surface area contributed by atoms with Crippen molar-refractivity contribution in [2.45, 2.75) is 33.4 Å². The number of benzene rings is 2. The Morgan fingerprint density at radius 2 is 1.86 bits per heavy atom. The summed E-state index contributed by atoms with van der Waals surface area (Å²) in [6.45, 7) is 7.74. The Morgan fingerprint density at radius 1 is 1.14 bits per heavy atom. The van der Waals surface area contributed by atoms with E-state index in [1.54, 1.807) is 18.2 Å². The van der Waals surface area contributed by atoms with Crippen molar-refractivity contribution in [2.24, 2.45) is 17.1 Å². The second-order valence-electron chi connectivity index (χ2n) is 10.2. The Labute approximate surface area is 204 Å². The van der Waals surface area contributed by atoms with Gasteiger partial charge in [-0.25, -0.2) is 13.8 Å². The summed E-state index contributed by atoms with van der Waals surface area (Å²) in [5.41, 5.74) is 7.53. The molecule has 0 spiro atoms. The van der Waals surface area contributed by atoms with E-state index in [0.29, 0.717) is 43.3 Å². The van der Waals surface area contributed by atoms with Crippen LogP contribution in [0.2, 0.25) is 0 Å². The summed E-state index contributed by atoms with van der Waals surface area (Å²) in [7, 11) is 0. The Morgan fingerprint density at radius 3 is 2.51 bits per heavy atom. The van der Waals surface area contributed by atoms with E-state index in [2.05, 4.69) is 20.8 Å². The van der Waals surface area contributed by atoms with Gasteiger partial charge < -0.3 is 19.9 Å². The normalized spacial score (nSPS) is 17.9. The van der Waals surface area contributed by atoms with Gasteiger partial charge in [0, 0.05) is 30.8 Å². The van der Waals surface area contributed by atoms with Crippen molar-refractivity contribution in [1.29, 1.82) is 0 Å². The SMILES string of the molecule is CC(C)(C)[C@H](c1nc(-c2cccc(F)c2)cn1Cc1cccc(F)c1)N1C[C@@H](CN)COCC1=O. The molecule has 1 aliphatic heterocycles. The van der Waals surface area contributed by atoms with Crippen LogP contribution >= 0.6 is 0 Å². The molecule has 0 aliphatic carbocycles. The number of ether oxygens (including phenoxy) is 1. The van der Waals surface area contributed by atoms with E-state index in [1.807, 2.05) is 21.7 Å². The fourth-order valence-electron chi connectivity index (χ4n) is 4.61. The lowest BCUT2D eigenvalue weighted by Gasteiger charge is -2.40. The van der Waals surface area contributed by atoms with E-state index in [0.717, 1.165) is 5.56 Å². The van der Waals surface area contributed by atoms with Crippen LogP contribution in [0.15, 0.2) is 54.7 Å². The first kappa shape index (κ1) is 25.0. The van der Waals surface area contributed by atoms with Gasteiger partial charge in [-0.2, -0.15) is 0 Å². The summed E-state index contributed by atoms with van der Waals surface area (Å²) in [4.78, 5) is 19.9. The van der Waals surface area contributed by atoms with Crippen LogP contribution in [0.25, 0.3) is 11.3 Å². The number of rotatable bonds is 6. The van der Waals surface area contributed by atoms with Gasteiger partial charge in [-0.3, -0.25) is 4.79 Å². The molecule has 4 rings (SSSR count). The Kier molecular flexibility index (Phi) is 7.33. The number of hydrogen-bond donors (Lipinski definition) is 1. The lowest BCUT2D eigenvalue weighted by atomic mass is 9.84. The van der Waals surface area contributed by atoms with E-state index in [1.165, 1.54) is 24.3 Å². The van der Waals surface area contributed by atoms with Gasteiger partial charge in [-0.15, -0.1) is 0 Å². The first-order valence-electron chi connectivity index (χ1n) is 11.8. The van der Waals surface area contributed by atoms with Gasteiger partial charge >= 0.3 is 0 Å². The average Bonchev–Trinajstić information content (AvgIpc) is 3.09. The van der Waals surface area contributed by atoms with Crippen LogP contribution in [0, 0.1) is 23.0 Å². The number of nitrogens with two attached hydrogens (primary N) is 1. The summed E-state index contributed by atoms with van der Waals surface area (Å²) >= 11 is 0. The van der Waals surface area contributed by atoms with Crippen LogP contribution in [-0.4, -0.2) is 46.7 Å². The molecule has 1 saturated heterocycles.